The Balaban J connectivity index is 2.36. The maximum atomic E-state index is 11.8. The summed E-state index contributed by atoms with van der Waals surface area (Å²) in [4.78, 5) is 11.8. The lowest BCUT2D eigenvalue weighted by Gasteiger charge is -2.37. The van der Waals surface area contributed by atoms with Gasteiger partial charge in [-0.3, -0.25) is 0 Å². The second-order valence-corrected chi connectivity index (χ2v) is 10.4. The minimum Gasteiger partial charge on any atom is -0.508 e. The highest BCUT2D eigenvalue weighted by atomic mass is 32.3. The van der Waals surface area contributed by atoms with Gasteiger partial charge < -0.3 is 15.6 Å². The van der Waals surface area contributed by atoms with Crippen LogP contribution in [0.3, 0.4) is 0 Å². The summed E-state index contributed by atoms with van der Waals surface area (Å²) in [7, 11) is -0.796. The first-order valence-corrected chi connectivity index (χ1v) is 9.82. The van der Waals surface area contributed by atoms with Crippen LogP contribution in [0.1, 0.15) is 30.6 Å². The molecule has 0 saturated carbocycles. The van der Waals surface area contributed by atoms with E-state index in [0.29, 0.717) is 18.1 Å². The van der Waals surface area contributed by atoms with Crippen LogP contribution in [0.2, 0.25) is 0 Å². The minimum absolute atomic E-state index is 0.140. The van der Waals surface area contributed by atoms with Crippen molar-refractivity contribution in [3.05, 3.63) is 29.8 Å². The number of esters is 1. The zero-order valence-electron chi connectivity index (χ0n) is 13.3. The van der Waals surface area contributed by atoms with Gasteiger partial charge in [0.2, 0.25) is 0 Å². The van der Waals surface area contributed by atoms with E-state index in [1.807, 2.05) is 0 Å². The molecule has 2 atom stereocenters. The maximum absolute atomic E-state index is 11.8. The average Bonchev–Trinajstić information content (AvgIpc) is 2.38. The first-order valence-electron chi connectivity index (χ1n) is 7.14. The predicted octanol–water partition coefficient (Wildman–Crippen LogP) is 2.94. The lowest BCUT2D eigenvalue weighted by Crippen LogP contribution is -2.27. The lowest BCUT2D eigenvalue weighted by atomic mass is 10.1. The predicted molar refractivity (Wildman–Crippen MR) is 90.1 cm³/mol. The topological polar surface area (TPSA) is 72.5 Å². The molecule has 0 spiro atoms. The quantitative estimate of drug-likeness (QED) is 0.759. The number of hydrogen-bond acceptors (Lipinski definition) is 4. The molecule has 0 fully saturated rings. The fourth-order valence-electron chi connectivity index (χ4n) is 2.00. The van der Waals surface area contributed by atoms with E-state index in [9.17, 15) is 9.90 Å². The highest BCUT2D eigenvalue weighted by Crippen LogP contribution is 2.44. The van der Waals surface area contributed by atoms with Gasteiger partial charge in [-0.15, -0.1) is 0 Å². The molecule has 0 aromatic heterocycles. The van der Waals surface area contributed by atoms with Gasteiger partial charge in [0.15, 0.2) is 0 Å². The van der Waals surface area contributed by atoms with Crippen molar-refractivity contribution in [2.75, 3.05) is 24.9 Å². The van der Waals surface area contributed by atoms with Crippen molar-refractivity contribution in [2.45, 2.75) is 25.6 Å². The van der Waals surface area contributed by atoms with Crippen LogP contribution in [0.4, 0.5) is 0 Å². The lowest BCUT2D eigenvalue weighted by molar-refractivity contribution is 0.0488. The molecule has 0 saturated heterocycles. The van der Waals surface area contributed by atoms with Gasteiger partial charge in [0.05, 0.1) is 12.2 Å². The summed E-state index contributed by atoms with van der Waals surface area (Å²) >= 11 is 0. The number of phenolic OH excluding ortho intramolecular Hbond substituents is 1. The Hall–Kier alpha value is -1.20. The molecule has 5 heteroatoms. The zero-order chi connectivity index (χ0) is 16.0. The normalized spacial score (nSPS) is 15.3. The largest absolute Gasteiger partial charge is 0.508 e. The third kappa shape index (κ3) is 5.98. The van der Waals surface area contributed by atoms with Crippen molar-refractivity contribution >= 4 is 16.0 Å². The van der Waals surface area contributed by atoms with Crippen LogP contribution >= 0.6 is 10.0 Å². The van der Waals surface area contributed by atoms with Gasteiger partial charge in [-0.2, -0.15) is 0 Å². The van der Waals surface area contributed by atoms with Crippen molar-refractivity contribution in [1.29, 1.82) is 0 Å². The minimum atomic E-state index is -0.796. The molecule has 1 rings (SSSR count). The van der Waals surface area contributed by atoms with Crippen LogP contribution < -0.4 is 5.73 Å². The molecule has 0 amide bonds. The summed E-state index contributed by atoms with van der Waals surface area (Å²) in [5, 5.41) is 9.40. The highest BCUT2D eigenvalue weighted by Gasteiger charge is 2.20. The summed E-state index contributed by atoms with van der Waals surface area (Å²) < 4.78 is 5.27. The summed E-state index contributed by atoms with van der Waals surface area (Å²) in [5.74, 6) is 1.36. The molecule has 120 valence electrons. The number of hydrogen-bond donors (Lipinski definition) is 2. The Labute approximate surface area is 129 Å². The fraction of sp³-hybridized carbons (Fsp3) is 0.562. The van der Waals surface area contributed by atoms with Crippen LogP contribution in [0.25, 0.3) is 0 Å². The molecule has 2 unspecified atom stereocenters. The van der Waals surface area contributed by atoms with Gasteiger partial charge in [0.25, 0.3) is 0 Å². The maximum Gasteiger partial charge on any atom is 0.338 e. The van der Waals surface area contributed by atoms with Crippen molar-refractivity contribution in [3.8, 4) is 5.75 Å². The first kappa shape index (κ1) is 17.9. The smallest absolute Gasteiger partial charge is 0.338 e. The van der Waals surface area contributed by atoms with E-state index >= 15 is 0 Å². The molecule has 0 aliphatic heterocycles. The number of rotatable bonds is 7. The van der Waals surface area contributed by atoms with Crippen LogP contribution in [0.5, 0.6) is 5.75 Å². The number of benzene rings is 1. The average molecular weight is 313 g/mol. The molecule has 0 bridgehead atoms. The molecule has 3 N–H and O–H groups in total. The summed E-state index contributed by atoms with van der Waals surface area (Å²) in [5.41, 5.74) is 6.47. The Morgan fingerprint density at radius 2 is 1.86 bits per heavy atom. The third-order valence-electron chi connectivity index (χ3n) is 3.67. The van der Waals surface area contributed by atoms with E-state index in [1.54, 1.807) is 12.1 Å². The van der Waals surface area contributed by atoms with Crippen LogP contribution in [-0.4, -0.2) is 41.3 Å². The Morgan fingerprint density at radius 1 is 1.29 bits per heavy atom. The van der Waals surface area contributed by atoms with E-state index in [1.165, 1.54) is 12.1 Å². The van der Waals surface area contributed by atoms with Crippen molar-refractivity contribution in [1.82, 2.24) is 0 Å². The van der Waals surface area contributed by atoms with Crippen LogP contribution in [0.15, 0.2) is 24.3 Å². The molecule has 1 aromatic carbocycles. The molecule has 1 aromatic rings. The van der Waals surface area contributed by atoms with Crippen molar-refractivity contribution in [2.24, 2.45) is 11.7 Å². The van der Waals surface area contributed by atoms with Crippen molar-refractivity contribution in [3.63, 3.8) is 0 Å². The van der Waals surface area contributed by atoms with E-state index < -0.39 is 10.0 Å². The molecular weight excluding hydrogens is 286 g/mol. The second kappa shape index (κ2) is 7.71. The summed E-state index contributed by atoms with van der Waals surface area (Å²) in [6, 6.07) is 6.08. The van der Waals surface area contributed by atoms with Gasteiger partial charge in [0, 0.05) is 5.37 Å². The number of phenols is 1. The molecule has 4 nitrogen and oxygen atoms in total. The van der Waals surface area contributed by atoms with Gasteiger partial charge in [-0.25, -0.2) is 14.8 Å². The van der Waals surface area contributed by atoms with Gasteiger partial charge >= 0.3 is 5.97 Å². The van der Waals surface area contributed by atoms with Gasteiger partial charge in [0.1, 0.15) is 5.75 Å². The Morgan fingerprint density at radius 3 is 2.38 bits per heavy atom. The fourth-order valence-corrected chi connectivity index (χ4v) is 3.94. The molecule has 21 heavy (non-hydrogen) atoms. The third-order valence-corrected chi connectivity index (χ3v) is 7.11. The van der Waals surface area contributed by atoms with E-state index in [-0.39, 0.29) is 17.1 Å². The summed E-state index contributed by atoms with van der Waals surface area (Å²) in [6.45, 7) is 4.65. The number of carbonyl (C=O) groups excluding carboxylic acids is 1. The number of aromatic hydroxyl groups is 1. The zero-order valence-corrected chi connectivity index (χ0v) is 14.2. The molecule has 0 aliphatic rings. The highest BCUT2D eigenvalue weighted by molar-refractivity contribution is 8.33. The van der Waals surface area contributed by atoms with Crippen molar-refractivity contribution < 1.29 is 14.6 Å². The van der Waals surface area contributed by atoms with E-state index in [2.05, 4.69) is 26.4 Å². The molecule has 0 aliphatic carbocycles. The van der Waals surface area contributed by atoms with Gasteiger partial charge in [-0.1, -0.05) is 6.92 Å². The van der Waals surface area contributed by atoms with E-state index in [4.69, 9.17) is 10.5 Å². The monoisotopic (exact) mass is 313 g/mol. The summed E-state index contributed by atoms with van der Waals surface area (Å²) in [6.07, 6.45) is 5.33. The standard InChI is InChI=1S/C16H27NO3S/c1-12(11-21(3,4)13(2)17)9-10-20-16(19)14-5-7-15(18)8-6-14/h5-8,12-13,18H,9-11,17H2,1-4H3. The second-order valence-electron chi connectivity index (χ2n) is 6.07. The van der Waals surface area contributed by atoms with Crippen LogP contribution in [0, 0.1) is 5.92 Å². The molecular formula is C16H27NO3S. The number of ether oxygens (including phenoxy) is 1. The Bertz CT molecular complexity index is 457. The molecule has 0 radical (unpaired) electrons. The Kier molecular flexibility index (Phi) is 6.55. The van der Waals surface area contributed by atoms with Crippen LogP contribution in [-0.2, 0) is 4.74 Å². The van der Waals surface area contributed by atoms with E-state index in [0.717, 1.165) is 12.2 Å². The molecule has 0 heterocycles. The number of nitrogens with two attached hydrogens (primary N) is 1. The first-order chi connectivity index (χ1) is 9.72. The van der Waals surface area contributed by atoms with Gasteiger partial charge in [-0.05, 0) is 61.8 Å². The SMILES string of the molecule is CC(CCOC(=O)c1ccc(O)cc1)CS(C)(C)C(C)N. The number of carbonyl (C=O) groups is 1.